The summed E-state index contributed by atoms with van der Waals surface area (Å²) in [5, 5.41) is 3.47. The van der Waals surface area contributed by atoms with E-state index in [1.54, 1.807) is 0 Å². The fraction of sp³-hybridized carbons (Fsp3) is 0.923. The first-order valence-electron chi connectivity index (χ1n) is 6.77. The monoisotopic (exact) mass is 226 g/mol. The minimum atomic E-state index is 0.701. The number of hydrogen-bond donors (Lipinski definition) is 1. The van der Waals surface area contributed by atoms with Crippen molar-refractivity contribution >= 4 is 6.29 Å². The van der Waals surface area contributed by atoms with Gasteiger partial charge in [-0.3, -0.25) is 4.90 Å². The van der Waals surface area contributed by atoms with Crippen LogP contribution in [-0.4, -0.2) is 43.4 Å². The van der Waals surface area contributed by atoms with Crippen molar-refractivity contribution in [2.45, 2.75) is 51.5 Å². The molecule has 1 fully saturated rings. The third kappa shape index (κ3) is 5.08. The van der Waals surface area contributed by atoms with Gasteiger partial charge in [0, 0.05) is 32.1 Å². The molecule has 3 nitrogen and oxygen atoms in total. The lowest BCUT2D eigenvalue weighted by atomic mass is 10.0. The Hall–Kier alpha value is -0.410. The van der Waals surface area contributed by atoms with E-state index in [0.29, 0.717) is 12.5 Å². The van der Waals surface area contributed by atoms with E-state index in [9.17, 15) is 4.79 Å². The van der Waals surface area contributed by atoms with Crippen molar-refractivity contribution in [3.8, 4) is 0 Å². The highest BCUT2D eigenvalue weighted by molar-refractivity contribution is 5.49. The number of carbonyl (C=O) groups excluding carboxylic acids is 1. The molecule has 1 aliphatic rings. The molecule has 3 heteroatoms. The number of aldehydes is 1. The zero-order chi connectivity index (χ0) is 11.6. The zero-order valence-corrected chi connectivity index (χ0v) is 10.6. The molecule has 1 aliphatic heterocycles. The summed E-state index contributed by atoms with van der Waals surface area (Å²) < 4.78 is 0. The molecule has 1 rings (SSSR count). The number of hydrogen-bond acceptors (Lipinski definition) is 3. The fourth-order valence-electron chi connectivity index (χ4n) is 2.39. The van der Waals surface area contributed by atoms with Crippen LogP contribution in [0.2, 0.25) is 0 Å². The van der Waals surface area contributed by atoms with Crippen LogP contribution in [0.4, 0.5) is 0 Å². The van der Waals surface area contributed by atoms with Crippen molar-refractivity contribution in [3.05, 3.63) is 0 Å². The molecule has 1 unspecified atom stereocenters. The maximum absolute atomic E-state index is 10.3. The van der Waals surface area contributed by atoms with Gasteiger partial charge in [0.15, 0.2) is 0 Å². The number of rotatable bonds is 8. The van der Waals surface area contributed by atoms with Gasteiger partial charge in [-0.25, -0.2) is 0 Å². The first-order valence-corrected chi connectivity index (χ1v) is 6.77. The van der Waals surface area contributed by atoms with E-state index >= 15 is 0 Å². The summed E-state index contributed by atoms with van der Waals surface area (Å²) in [6.07, 6.45) is 8.06. The molecule has 0 saturated carbocycles. The SMILES string of the molecule is CCCCCC1CNCCN1CCCC=O. The lowest BCUT2D eigenvalue weighted by molar-refractivity contribution is -0.108. The zero-order valence-electron chi connectivity index (χ0n) is 10.6. The molecule has 0 amide bonds. The summed E-state index contributed by atoms with van der Waals surface area (Å²) in [6, 6.07) is 0.701. The Labute approximate surface area is 99.6 Å². The van der Waals surface area contributed by atoms with Crippen molar-refractivity contribution in [1.29, 1.82) is 0 Å². The van der Waals surface area contributed by atoms with Crippen LogP contribution in [-0.2, 0) is 4.79 Å². The summed E-state index contributed by atoms with van der Waals surface area (Å²) in [4.78, 5) is 12.9. The average Bonchev–Trinajstić information content (AvgIpc) is 2.32. The normalized spacial score (nSPS) is 22.2. The van der Waals surface area contributed by atoms with Gasteiger partial charge in [0.05, 0.1) is 0 Å². The van der Waals surface area contributed by atoms with Crippen LogP contribution >= 0.6 is 0 Å². The molecule has 0 bridgehead atoms. The van der Waals surface area contributed by atoms with Gasteiger partial charge < -0.3 is 10.1 Å². The molecule has 16 heavy (non-hydrogen) atoms. The van der Waals surface area contributed by atoms with Crippen LogP contribution in [0, 0.1) is 0 Å². The largest absolute Gasteiger partial charge is 0.314 e. The molecule has 1 N–H and O–H groups in total. The smallest absolute Gasteiger partial charge is 0.120 e. The highest BCUT2D eigenvalue weighted by Gasteiger charge is 2.20. The van der Waals surface area contributed by atoms with Gasteiger partial charge in [-0.05, 0) is 19.4 Å². The van der Waals surface area contributed by atoms with E-state index < -0.39 is 0 Å². The van der Waals surface area contributed by atoms with E-state index in [-0.39, 0.29) is 0 Å². The van der Waals surface area contributed by atoms with Crippen LogP contribution < -0.4 is 5.32 Å². The quantitative estimate of drug-likeness (QED) is 0.506. The Balaban J connectivity index is 2.23. The van der Waals surface area contributed by atoms with Crippen LogP contribution in [0.3, 0.4) is 0 Å². The summed E-state index contributed by atoms with van der Waals surface area (Å²) in [6.45, 7) is 6.73. The van der Waals surface area contributed by atoms with Gasteiger partial charge in [-0.15, -0.1) is 0 Å². The first kappa shape index (κ1) is 13.7. The van der Waals surface area contributed by atoms with Gasteiger partial charge in [-0.2, -0.15) is 0 Å². The maximum Gasteiger partial charge on any atom is 0.120 e. The minimum Gasteiger partial charge on any atom is -0.314 e. The van der Waals surface area contributed by atoms with Crippen molar-refractivity contribution < 1.29 is 4.79 Å². The van der Waals surface area contributed by atoms with E-state index in [1.807, 2.05) is 0 Å². The summed E-state index contributed by atoms with van der Waals surface area (Å²) in [7, 11) is 0. The van der Waals surface area contributed by atoms with Gasteiger partial charge in [0.25, 0.3) is 0 Å². The molecule has 1 heterocycles. The molecular formula is C13H26N2O. The average molecular weight is 226 g/mol. The summed E-state index contributed by atoms with van der Waals surface area (Å²) in [5.74, 6) is 0. The number of nitrogens with one attached hydrogen (secondary N) is 1. The summed E-state index contributed by atoms with van der Waals surface area (Å²) >= 11 is 0. The molecule has 0 aliphatic carbocycles. The lowest BCUT2D eigenvalue weighted by Crippen LogP contribution is -2.51. The van der Waals surface area contributed by atoms with E-state index in [2.05, 4.69) is 17.1 Å². The third-order valence-electron chi connectivity index (χ3n) is 3.38. The van der Waals surface area contributed by atoms with E-state index in [0.717, 1.165) is 38.9 Å². The molecule has 0 spiro atoms. The van der Waals surface area contributed by atoms with Gasteiger partial charge in [0.1, 0.15) is 6.29 Å². The van der Waals surface area contributed by atoms with Gasteiger partial charge in [-0.1, -0.05) is 26.2 Å². The van der Waals surface area contributed by atoms with E-state index in [1.165, 1.54) is 25.7 Å². The minimum absolute atomic E-state index is 0.701. The Morgan fingerprint density at radius 1 is 1.38 bits per heavy atom. The first-order chi connectivity index (χ1) is 7.88. The third-order valence-corrected chi connectivity index (χ3v) is 3.38. The Morgan fingerprint density at radius 2 is 2.25 bits per heavy atom. The van der Waals surface area contributed by atoms with Crippen LogP contribution in [0.5, 0.6) is 0 Å². The van der Waals surface area contributed by atoms with E-state index in [4.69, 9.17) is 0 Å². The second-order valence-corrected chi connectivity index (χ2v) is 4.70. The molecule has 1 saturated heterocycles. The second-order valence-electron chi connectivity index (χ2n) is 4.70. The predicted molar refractivity (Wildman–Crippen MR) is 67.7 cm³/mol. The van der Waals surface area contributed by atoms with Crippen molar-refractivity contribution in [2.24, 2.45) is 0 Å². The van der Waals surface area contributed by atoms with Gasteiger partial charge in [0.2, 0.25) is 0 Å². The highest BCUT2D eigenvalue weighted by atomic mass is 16.1. The number of carbonyl (C=O) groups is 1. The summed E-state index contributed by atoms with van der Waals surface area (Å²) in [5.41, 5.74) is 0. The fourth-order valence-corrected chi connectivity index (χ4v) is 2.39. The molecular weight excluding hydrogens is 200 g/mol. The molecule has 0 aromatic heterocycles. The lowest BCUT2D eigenvalue weighted by Gasteiger charge is -2.36. The molecule has 0 aromatic carbocycles. The van der Waals surface area contributed by atoms with Crippen molar-refractivity contribution in [3.63, 3.8) is 0 Å². The molecule has 1 atom stereocenters. The molecule has 0 aromatic rings. The number of unbranched alkanes of at least 4 members (excludes halogenated alkanes) is 3. The highest BCUT2D eigenvalue weighted by Crippen LogP contribution is 2.12. The Morgan fingerprint density at radius 3 is 3.00 bits per heavy atom. The van der Waals surface area contributed by atoms with Gasteiger partial charge >= 0.3 is 0 Å². The van der Waals surface area contributed by atoms with Crippen LogP contribution in [0.15, 0.2) is 0 Å². The molecule has 0 radical (unpaired) electrons. The number of piperazine rings is 1. The van der Waals surface area contributed by atoms with Crippen LogP contribution in [0.25, 0.3) is 0 Å². The topological polar surface area (TPSA) is 32.3 Å². The molecule has 94 valence electrons. The Bertz CT molecular complexity index is 185. The van der Waals surface area contributed by atoms with Crippen molar-refractivity contribution in [1.82, 2.24) is 10.2 Å². The predicted octanol–water partition coefficient (Wildman–Crippen LogP) is 1.82. The Kier molecular flexibility index (Phi) is 7.43. The van der Waals surface area contributed by atoms with Crippen LogP contribution in [0.1, 0.15) is 45.4 Å². The standard InChI is InChI=1S/C13H26N2O/c1-2-3-4-7-13-12-14-8-10-15(13)9-5-6-11-16/h11,13-14H,2-10,12H2,1H3. The maximum atomic E-state index is 10.3. The van der Waals surface area contributed by atoms with Crippen molar-refractivity contribution in [2.75, 3.05) is 26.2 Å². The second kappa shape index (κ2) is 8.71. The number of nitrogens with zero attached hydrogens (tertiary/aromatic N) is 1.